The molecule has 0 spiro atoms. The van der Waals surface area contributed by atoms with Crippen LogP contribution in [-0.2, 0) is 4.84 Å². The number of rotatable bonds is 4. The Morgan fingerprint density at radius 2 is 1.86 bits per heavy atom. The lowest BCUT2D eigenvalue weighted by molar-refractivity contribution is 0.0586. The molecule has 0 aliphatic carbocycles. The summed E-state index contributed by atoms with van der Waals surface area (Å²) in [4.78, 5) is 4.32. The molecule has 0 aromatic heterocycles. The van der Waals surface area contributed by atoms with Gasteiger partial charge in [-0.05, 0) is 6.92 Å². The molecule has 0 heterocycles. The molecule has 0 saturated heterocycles. The topological polar surface area (TPSA) is 44.5 Å². The first-order valence-corrected chi connectivity index (χ1v) is 4.06. The zero-order valence-electron chi connectivity index (χ0n) is 7.67. The molecular weight excluding hydrogens is 192 g/mol. The molecule has 1 aromatic rings. The summed E-state index contributed by atoms with van der Waals surface area (Å²) in [5.41, 5.74) is 0. The fourth-order valence-corrected chi connectivity index (χ4v) is 0.998. The van der Waals surface area contributed by atoms with Gasteiger partial charge in [0, 0.05) is 18.2 Å². The lowest BCUT2D eigenvalue weighted by Gasteiger charge is -2.13. The van der Waals surface area contributed by atoms with Crippen molar-refractivity contribution in [2.75, 3.05) is 6.61 Å². The van der Waals surface area contributed by atoms with E-state index in [1.807, 2.05) is 0 Å². The molecule has 78 valence electrons. The number of benzene rings is 1. The molecule has 1 unspecified atom stereocenters. The van der Waals surface area contributed by atoms with E-state index in [1.54, 1.807) is 6.92 Å². The molecule has 3 nitrogen and oxygen atoms in total. The van der Waals surface area contributed by atoms with Crippen molar-refractivity contribution < 1.29 is 18.4 Å². The molecule has 0 saturated carbocycles. The Morgan fingerprint density at radius 3 is 2.36 bits per heavy atom. The first kappa shape index (κ1) is 10.9. The van der Waals surface area contributed by atoms with Gasteiger partial charge in [-0.2, -0.15) is 0 Å². The van der Waals surface area contributed by atoms with Crippen molar-refractivity contribution in [2.24, 2.45) is 5.90 Å². The minimum absolute atomic E-state index is 0.118. The van der Waals surface area contributed by atoms with E-state index in [0.29, 0.717) is 0 Å². The van der Waals surface area contributed by atoms with Gasteiger partial charge in [-0.1, -0.05) is 0 Å². The van der Waals surface area contributed by atoms with Gasteiger partial charge in [0.1, 0.15) is 30.1 Å². The van der Waals surface area contributed by atoms with E-state index in [4.69, 9.17) is 10.6 Å². The van der Waals surface area contributed by atoms with E-state index < -0.39 is 11.6 Å². The number of hydrogen-bond acceptors (Lipinski definition) is 3. The molecule has 0 aliphatic rings. The average molecular weight is 203 g/mol. The van der Waals surface area contributed by atoms with E-state index in [0.717, 1.165) is 18.2 Å². The second kappa shape index (κ2) is 4.88. The van der Waals surface area contributed by atoms with Crippen molar-refractivity contribution in [1.82, 2.24) is 0 Å². The van der Waals surface area contributed by atoms with Gasteiger partial charge in [0.15, 0.2) is 0 Å². The first-order valence-electron chi connectivity index (χ1n) is 4.06. The molecule has 0 fully saturated rings. The maximum Gasteiger partial charge on any atom is 0.129 e. The van der Waals surface area contributed by atoms with Crippen LogP contribution >= 0.6 is 0 Å². The van der Waals surface area contributed by atoms with Crippen LogP contribution in [-0.4, -0.2) is 12.7 Å². The molecule has 5 heteroatoms. The molecule has 0 aliphatic heterocycles. The van der Waals surface area contributed by atoms with Crippen LogP contribution < -0.4 is 10.6 Å². The summed E-state index contributed by atoms with van der Waals surface area (Å²) in [6.07, 6.45) is -0.360. The van der Waals surface area contributed by atoms with Crippen molar-refractivity contribution in [3.63, 3.8) is 0 Å². The van der Waals surface area contributed by atoms with Gasteiger partial charge in [-0.15, -0.1) is 0 Å². The summed E-state index contributed by atoms with van der Waals surface area (Å²) in [6, 6.07) is 2.96. The van der Waals surface area contributed by atoms with E-state index in [1.165, 1.54) is 0 Å². The maximum absolute atomic E-state index is 12.7. The predicted octanol–water partition coefficient (Wildman–Crippen LogP) is 1.62. The van der Waals surface area contributed by atoms with Crippen molar-refractivity contribution in [2.45, 2.75) is 13.0 Å². The first-order chi connectivity index (χ1) is 6.61. The van der Waals surface area contributed by atoms with Gasteiger partial charge in [-0.3, -0.25) is 0 Å². The number of ether oxygens (including phenoxy) is 1. The van der Waals surface area contributed by atoms with Crippen LogP contribution in [0.2, 0.25) is 0 Å². The summed E-state index contributed by atoms with van der Waals surface area (Å²) < 4.78 is 30.5. The molecular formula is C9H11F2NO2. The largest absolute Gasteiger partial charge is 0.488 e. The highest BCUT2D eigenvalue weighted by molar-refractivity contribution is 5.23. The van der Waals surface area contributed by atoms with Crippen LogP contribution in [0.4, 0.5) is 8.78 Å². The average Bonchev–Trinajstić information content (AvgIpc) is 2.01. The highest BCUT2D eigenvalue weighted by Crippen LogP contribution is 2.16. The Kier molecular flexibility index (Phi) is 3.79. The highest BCUT2D eigenvalue weighted by Gasteiger charge is 2.06. The summed E-state index contributed by atoms with van der Waals surface area (Å²) in [5, 5.41) is 0. The van der Waals surface area contributed by atoms with Gasteiger partial charge in [-0.25, -0.2) is 14.7 Å². The van der Waals surface area contributed by atoms with Crippen molar-refractivity contribution in [1.29, 1.82) is 0 Å². The molecule has 14 heavy (non-hydrogen) atoms. The molecule has 0 amide bonds. The lowest BCUT2D eigenvalue weighted by Crippen LogP contribution is -2.21. The third kappa shape index (κ3) is 3.27. The van der Waals surface area contributed by atoms with Crippen LogP contribution in [0.5, 0.6) is 5.75 Å². The van der Waals surface area contributed by atoms with E-state index in [2.05, 4.69) is 4.84 Å². The van der Waals surface area contributed by atoms with Gasteiger partial charge in [0.25, 0.3) is 0 Å². The lowest BCUT2D eigenvalue weighted by atomic mass is 10.3. The van der Waals surface area contributed by atoms with Gasteiger partial charge < -0.3 is 9.57 Å². The Hall–Kier alpha value is -1.20. The summed E-state index contributed by atoms with van der Waals surface area (Å²) in [6.45, 7) is 1.83. The fraction of sp³-hybridized carbons (Fsp3) is 0.333. The van der Waals surface area contributed by atoms with Gasteiger partial charge in [0.05, 0.1) is 0 Å². The van der Waals surface area contributed by atoms with Crippen LogP contribution in [0, 0.1) is 11.6 Å². The zero-order valence-corrected chi connectivity index (χ0v) is 7.67. The Bertz CT molecular complexity index is 287. The SMILES string of the molecule is CC(CON)Oc1cc(F)cc(F)c1. The summed E-state index contributed by atoms with van der Waals surface area (Å²) >= 11 is 0. The molecule has 2 N–H and O–H groups in total. The third-order valence-electron chi connectivity index (χ3n) is 1.50. The van der Waals surface area contributed by atoms with Crippen molar-refractivity contribution in [3.8, 4) is 5.75 Å². The Balaban J connectivity index is 2.66. The molecule has 0 radical (unpaired) electrons. The number of halogens is 2. The fourth-order valence-electron chi connectivity index (χ4n) is 0.998. The monoisotopic (exact) mass is 203 g/mol. The summed E-state index contributed by atoms with van der Waals surface area (Å²) in [5.74, 6) is 3.57. The zero-order chi connectivity index (χ0) is 10.6. The van der Waals surface area contributed by atoms with E-state index >= 15 is 0 Å². The minimum Gasteiger partial charge on any atom is -0.488 e. The third-order valence-corrected chi connectivity index (χ3v) is 1.50. The standard InChI is InChI=1S/C9H11F2NO2/c1-6(5-13-12)14-9-3-7(10)2-8(11)4-9/h2-4,6H,5,12H2,1H3. The number of nitrogens with two attached hydrogens (primary N) is 1. The van der Waals surface area contributed by atoms with Gasteiger partial charge >= 0.3 is 0 Å². The van der Waals surface area contributed by atoms with Crippen LogP contribution in [0.15, 0.2) is 18.2 Å². The number of hydrogen-bond donors (Lipinski definition) is 1. The summed E-state index contributed by atoms with van der Waals surface area (Å²) in [7, 11) is 0. The minimum atomic E-state index is -0.680. The van der Waals surface area contributed by atoms with E-state index in [-0.39, 0.29) is 18.5 Å². The van der Waals surface area contributed by atoms with Crippen molar-refractivity contribution in [3.05, 3.63) is 29.8 Å². The maximum atomic E-state index is 12.7. The normalized spacial score (nSPS) is 12.6. The smallest absolute Gasteiger partial charge is 0.129 e. The van der Waals surface area contributed by atoms with Crippen LogP contribution in [0.25, 0.3) is 0 Å². The van der Waals surface area contributed by atoms with Crippen molar-refractivity contribution >= 4 is 0 Å². The second-order valence-corrected chi connectivity index (χ2v) is 2.87. The second-order valence-electron chi connectivity index (χ2n) is 2.87. The highest BCUT2D eigenvalue weighted by atomic mass is 19.1. The molecule has 1 aromatic carbocycles. The molecule has 0 bridgehead atoms. The molecule has 1 atom stereocenters. The Morgan fingerprint density at radius 1 is 1.29 bits per heavy atom. The molecule has 1 rings (SSSR count). The van der Waals surface area contributed by atoms with Crippen LogP contribution in [0.3, 0.4) is 0 Å². The van der Waals surface area contributed by atoms with E-state index in [9.17, 15) is 8.78 Å². The van der Waals surface area contributed by atoms with Gasteiger partial charge in [0.2, 0.25) is 0 Å². The predicted molar refractivity (Wildman–Crippen MR) is 46.6 cm³/mol. The quantitative estimate of drug-likeness (QED) is 0.756. The Labute approximate surface area is 80.4 Å². The van der Waals surface area contributed by atoms with Crippen LogP contribution in [0.1, 0.15) is 6.92 Å².